The van der Waals surface area contributed by atoms with E-state index < -0.39 is 0 Å². The van der Waals surface area contributed by atoms with Gasteiger partial charge in [-0.3, -0.25) is 4.79 Å². The minimum atomic E-state index is -0.0734. The largest absolute Gasteiger partial charge is 0.493 e. The Hall–Kier alpha value is -3.00. The van der Waals surface area contributed by atoms with Gasteiger partial charge in [-0.1, -0.05) is 30.0 Å². The summed E-state index contributed by atoms with van der Waals surface area (Å²) in [5, 5.41) is 12.3. The van der Waals surface area contributed by atoms with Gasteiger partial charge in [-0.2, -0.15) is 0 Å². The van der Waals surface area contributed by atoms with E-state index in [4.69, 9.17) is 9.47 Å². The number of rotatable bonds is 8. The van der Waals surface area contributed by atoms with E-state index in [2.05, 4.69) is 15.5 Å². The molecule has 0 aliphatic rings. The van der Waals surface area contributed by atoms with Crippen molar-refractivity contribution in [3.8, 4) is 22.9 Å². The fourth-order valence-electron chi connectivity index (χ4n) is 3.19. The number of carbonyl (C=O) groups excluding carboxylic acids is 1. The highest BCUT2D eigenvalue weighted by Gasteiger charge is 2.17. The summed E-state index contributed by atoms with van der Waals surface area (Å²) >= 11 is 1.37. The Morgan fingerprint density at radius 2 is 1.77 bits per heavy atom. The summed E-state index contributed by atoms with van der Waals surface area (Å²) in [6, 6.07) is 11.6. The molecular formula is C22H26N4O3S. The third-order valence-corrected chi connectivity index (χ3v) is 5.72. The molecule has 2 aromatic carbocycles. The van der Waals surface area contributed by atoms with Gasteiger partial charge in [-0.05, 0) is 50.1 Å². The fourth-order valence-corrected chi connectivity index (χ4v) is 3.99. The first-order valence-electron chi connectivity index (χ1n) is 9.63. The number of thioether (sulfide) groups is 1. The van der Waals surface area contributed by atoms with Crippen LogP contribution in [0.1, 0.15) is 18.1 Å². The first-order valence-corrected chi connectivity index (χ1v) is 10.6. The average Bonchev–Trinajstić information content (AvgIpc) is 3.17. The number of hydrogen-bond acceptors (Lipinski definition) is 6. The SMILES string of the molecule is CCn1c(SCC(=O)Nc2c(C)cccc2C)nnc1-c1ccc(OC)c(OC)c1. The standard InChI is InChI=1S/C22H26N4O3S/c1-6-26-21(16-10-11-17(28-4)18(12-16)29-5)24-25-22(26)30-13-19(27)23-20-14(2)8-7-9-15(20)3/h7-12H,6,13H2,1-5H3,(H,23,27). The molecule has 1 N–H and O–H groups in total. The minimum absolute atomic E-state index is 0.0734. The normalized spacial score (nSPS) is 10.7. The number of aromatic nitrogens is 3. The molecule has 158 valence electrons. The van der Waals surface area contributed by atoms with E-state index in [1.54, 1.807) is 14.2 Å². The number of nitrogens with one attached hydrogen (secondary N) is 1. The van der Waals surface area contributed by atoms with E-state index in [1.165, 1.54) is 11.8 Å². The van der Waals surface area contributed by atoms with Crippen LogP contribution in [0.4, 0.5) is 5.69 Å². The second kappa shape index (κ2) is 9.67. The van der Waals surface area contributed by atoms with Gasteiger partial charge < -0.3 is 19.4 Å². The van der Waals surface area contributed by atoms with Gasteiger partial charge in [-0.25, -0.2) is 0 Å². The molecular weight excluding hydrogens is 400 g/mol. The maximum absolute atomic E-state index is 12.5. The molecule has 0 fully saturated rings. The van der Waals surface area contributed by atoms with Crippen molar-refractivity contribution < 1.29 is 14.3 Å². The summed E-state index contributed by atoms with van der Waals surface area (Å²) in [5.41, 5.74) is 3.82. The van der Waals surface area contributed by atoms with Gasteiger partial charge in [0, 0.05) is 17.8 Å². The molecule has 0 unspecified atom stereocenters. The van der Waals surface area contributed by atoms with E-state index in [0.717, 1.165) is 28.2 Å². The first kappa shape index (κ1) is 21.7. The summed E-state index contributed by atoms with van der Waals surface area (Å²) in [6.07, 6.45) is 0. The molecule has 0 radical (unpaired) electrons. The van der Waals surface area contributed by atoms with Crippen molar-refractivity contribution in [1.29, 1.82) is 0 Å². The maximum atomic E-state index is 12.5. The number of para-hydroxylation sites is 1. The van der Waals surface area contributed by atoms with Gasteiger partial charge in [0.15, 0.2) is 22.5 Å². The molecule has 0 bridgehead atoms. The third-order valence-electron chi connectivity index (χ3n) is 4.75. The summed E-state index contributed by atoms with van der Waals surface area (Å²) in [7, 11) is 3.20. The van der Waals surface area contributed by atoms with Crippen LogP contribution in [0, 0.1) is 13.8 Å². The topological polar surface area (TPSA) is 78.3 Å². The highest BCUT2D eigenvalue weighted by molar-refractivity contribution is 7.99. The summed E-state index contributed by atoms with van der Waals surface area (Å²) in [5.74, 6) is 2.17. The number of anilines is 1. The molecule has 3 aromatic rings. The molecule has 1 heterocycles. The Bertz CT molecular complexity index is 1030. The summed E-state index contributed by atoms with van der Waals surface area (Å²) in [6.45, 7) is 6.67. The van der Waals surface area contributed by atoms with Crippen molar-refractivity contribution in [1.82, 2.24) is 14.8 Å². The van der Waals surface area contributed by atoms with Crippen LogP contribution in [0.2, 0.25) is 0 Å². The quantitative estimate of drug-likeness (QED) is 0.540. The Kier molecular flexibility index (Phi) is 6.99. The van der Waals surface area contributed by atoms with Gasteiger partial charge in [0.05, 0.1) is 20.0 Å². The molecule has 0 saturated carbocycles. The molecule has 1 aromatic heterocycles. The molecule has 8 heteroatoms. The lowest BCUT2D eigenvalue weighted by Gasteiger charge is -2.12. The Balaban J connectivity index is 1.75. The van der Waals surface area contributed by atoms with Gasteiger partial charge in [0.1, 0.15) is 0 Å². The van der Waals surface area contributed by atoms with E-state index in [-0.39, 0.29) is 11.7 Å². The number of benzene rings is 2. The number of nitrogens with zero attached hydrogens (tertiary/aromatic N) is 3. The van der Waals surface area contributed by atoms with Crippen LogP contribution < -0.4 is 14.8 Å². The van der Waals surface area contributed by atoms with Crippen LogP contribution in [-0.2, 0) is 11.3 Å². The van der Waals surface area contributed by atoms with Crippen molar-refractivity contribution in [2.75, 3.05) is 25.3 Å². The number of hydrogen-bond donors (Lipinski definition) is 1. The predicted octanol–water partition coefficient (Wildman–Crippen LogP) is 4.33. The van der Waals surface area contributed by atoms with Crippen LogP contribution in [-0.4, -0.2) is 40.6 Å². The number of carbonyl (C=O) groups is 1. The highest BCUT2D eigenvalue weighted by Crippen LogP contribution is 2.33. The van der Waals surface area contributed by atoms with Crippen LogP contribution in [0.3, 0.4) is 0 Å². The number of amides is 1. The number of methoxy groups -OCH3 is 2. The van der Waals surface area contributed by atoms with Crippen molar-refractivity contribution in [3.63, 3.8) is 0 Å². The van der Waals surface area contributed by atoms with Crippen LogP contribution in [0.25, 0.3) is 11.4 Å². The molecule has 30 heavy (non-hydrogen) atoms. The van der Waals surface area contributed by atoms with Crippen LogP contribution >= 0.6 is 11.8 Å². The fraction of sp³-hybridized carbons (Fsp3) is 0.318. The monoisotopic (exact) mass is 426 g/mol. The van der Waals surface area contributed by atoms with E-state index in [9.17, 15) is 4.79 Å². The van der Waals surface area contributed by atoms with E-state index >= 15 is 0 Å². The first-order chi connectivity index (χ1) is 14.5. The summed E-state index contributed by atoms with van der Waals surface area (Å²) < 4.78 is 12.7. The predicted molar refractivity (Wildman–Crippen MR) is 120 cm³/mol. The molecule has 0 aliphatic heterocycles. The minimum Gasteiger partial charge on any atom is -0.493 e. The van der Waals surface area contributed by atoms with Crippen molar-refractivity contribution in [2.45, 2.75) is 32.5 Å². The zero-order valence-electron chi connectivity index (χ0n) is 17.9. The number of ether oxygens (including phenoxy) is 2. The maximum Gasteiger partial charge on any atom is 0.234 e. The third kappa shape index (κ3) is 4.59. The Labute approximate surface area is 180 Å². The molecule has 0 aliphatic carbocycles. The molecule has 7 nitrogen and oxygen atoms in total. The zero-order chi connectivity index (χ0) is 21.7. The van der Waals surface area contributed by atoms with Gasteiger partial charge in [0.2, 0.25) is 5.91 Å². The van der Waals surface area contributed by atoms with E-state index in [1.807, 2.05) is 61.7 Å². The van der Waals surface area contributed by atoms with E-state index in [0.29, 0.717) is 23.2 Å². The zero-order valence-corrected chi connectivity index (χ0v) is 18.7. The Morgan fingerprint density at radius 1 is 1.07 bits per heavy atom. The van der Waals surface area contributed by atoms with Crippen LogP contribution in [0.5, 0.6) is 11.5 Å². The lowest BCUT2D eigenvalue weighted by molar-refractivity contribution is -0.113. The van der Waals surface area contributed by atoms with Crippen molar-refractivity contribution in [2.24, 2.45) is 0 Å². The molecule has 1 amide bonds. The average molecular weight is 427 g/mol. The van der Waals surface area contributed by atoms with Gasteiger partial charge in [-0.15, -0.1) is 10.2 Å². The smallest absolute Gasteiger partial charge is 0.234 e. The molecule has 0 saturated heterocycles. The summed E-state index contributed by atoms with van der Waals surface area (Å²) in [4.78, 5) is 12.5. The van der Waals surface area contributed by atoms with Gasteiger partial charge >= 0.3 is 0 Å². The number of aryl methyl sites for hydroxylation is 2. The van der Waals surface area contributed by atoms with Gasteiger partial charge in [0.25, 0.3) is 0 Å². The second-order valence-electron chi connectivity index (χ2n) is 6.72. The van der Waals surface area contributed by atoms with Crippen molar-refractivity contribution in [3.05, 3.63) is 47.5 Å². The molecule has 0 atom stereocenters. The Morgan fingerprint density at radius 3 is 2.40 bits per heavy atom. The lowest BCUT2D eigenvalue weighted by Crippen LogP contribution is -2.16. The molecule has 3 rings (SSSR count). The van der Waals surface area contributed by atoms with Crippen LogP contribution in [0.15, 0.2) is 41.6 Å². The highest BCUT2D eigenvalue weighted by atomic mass is 32.2. The van der Waals surface area contributed by atoms with Crippen molar-refractivity contribution >= 4 is 23.4 Å². The molecule has 0 spiro atoms. The second-order valence-corrected chi connectivity index (χ2v) is 7.67. The lowest BCUT2D eigenvalue weighted by atomic mass is 10.1.